The zero-order valence-corrected chi connectivity index (χ0v) is 40.3. The molecule has 1 aliphatic rings. The fraction of sp³-hybridized carbons (Fsp3) is 0.705. The quantitative estimate of drug-likeness (QED) is 0.0629. The van der Waals surface area contributed by atoms with Crippen LogP contribution >= 0.6 is 0 Å². The summed E-state index contributed by atoms with van der Waals surface area (Å²) < 4.78 is 16.4. The summed E-state index contributed by atoms with van der Waals surface area (Å²) >= 11 is -0.941. The van der Waals surface area contributed by atoms with Gasteiger partial charge in [-0.15, -0.1) is 0 Å². The van der Waals surface area contributed by atoms with Gasteiger partial charge >= 0.3 is 306 Å². The van der Waals surface area contributed by atoms with Crippen LogP contribution in [0.2, 0.25) is 0 Å². The molecule has 3 N–H and O–H groups in total. The molecule has 1 unspecified atom stereocenters. The Morgan fingerprint density at radius 2 is 1.54 bits per heavy atom. The number of ether oxygens (including phenoxy) is 3. The molecule has 0 spiro atoms. The molecule has 61 heavy (non-hydrogen) atoms. The number of methoxy groups -OCH3 is 2. The molecule has 5 amide bonds. The van der Waals surface area contributed by atoms with Crippen LogP contribution in [0.1, 0.15) is 86.6 Å². The third-order valence-electron chi connectivity index (χ3n) is 11.3. The van der Waals surface area contributed by atoms with E-state index in [1.54, 1.807) is 61.9 Å². The second kappa shape index (κ2) is 26.1. The number of alkyl halides is 2. The number of carbonyl (C=O) groups is 7. The number of likely N-dealkylation sites (tertiary alicyclic amines) is 1. The van der Waals surface area contributed by atoms with Crippen molar-refractivity contribution in [3.05, 3.63) is 35.9 Å². The molecule has 1 aromatic rings. The minimum absolute atomic E-state index is 0.0703. The van der Waals surface area contributed by atoms with E-state index in [1.807, 2.05) is 33.8 Å². The molecule has 0 bridgehead atoms. The third-order valence-corrected chi connectivity index (χ3v) is 14.3. The van der Waals surface area contributed by atoms with E-state index in [0.717, 1.165) is 5.56 Å². The Hall–Kier alpha value is -3.68. The molecule has 0 aliphatic carbocycles. The average molecular weight is 973 g/mol. The first-order valence-corrected chi connectivity index (χ1v) is 23.6. The first kappa shape index (κ1) is 53.5. The Balaban J connectivity index is 2.31. The molecule has 346 valence electrons. The Kier molecular flexibility index (Phi) is 22.8. The van der Waals surface area contributed by atoms with Crippen molar-refractivity contribution in [2.75, 3.05) is 48.1 Å². The first-order valence-electron chi connectivity index (χ1n) is 21.1. The summed E-state index contributed by atoms with van der Waals surface area (Å²) in [6, 6.07) is 5.94. The summed E-state index contributed by atoms with van der Waals surface area (Å²) in [5.41, 5.74) is 0.766. The van der Waals surface area contributed by atoms with Crippen LogP contribution in [0.15, 0.2) is 30.3 Å². The number of amides is 5. The number of aliphatic carboxylic acids is 1. The predicted octanol–water partition coefficient (Wildman–Crippen LogP) is -0.253. The van der Waals surface area contributed by atoms with E-state index in [-0.39, 0.29) is 59.4 Å². The second-order valence-electron chi connectivity index (χ2n) is 16.6. The van der Waals surface area contributed by atoms with E-state index in [4.69, 9.17) is 14.2 Å². The minimum atomic E-state index is -1.16. The summed E-state index contributed by atoms with van der Waals surface area (Å²) in [6.07, 6.45) is 0.481. The van der Waals surface area contributed by atoms with Gasteiger partial charge in [-0.2, -0.15) is 0 Å². The van der Waals surface area contributed by atoms with E-state index in [2.05, 4.69) is 10.6 Å². The zero-order valence-electron chi connectivity index (χ0n) is 38.1. The van der Waals surface area contributed by atoms with Gasteiger partial charge in [0.05, 0.1) is 0 Å². The molecule has 1 aliphatic heterocycles. The van der Waals surface area contributed by atoms with Gasteiger partial charge in [0.25, 0.3) is 0 Å². The molecule has 0 aromatic heterocycles. The van der Waals surface area contributed by atoms with Crippen LogP contribution in [0.3, 0.4) is 0 Å². The molecule has 0 radical (unpaired) electrons. The van der Waals surface area contributed by atoms with Gasteiger partial charge in [-0.05, 0) is 5.56 Å². The summed E-state index contributed by atoms with van der Waals surface area (Å²) in [5, 5.41) is 15.6. The fourth-order valence-electron chi connectivity index (χ4n) is 7.91. The molecular weight excluding hydrogens is 901 g/mol. The van der Waals surface area contributed by atoms with Crippen molar-refractivity contribution in [1.82, 2.24) is 25.3 Å². The number of ketones is 1. The Morgan fingerprint density at radius 3 is 2.07 bits per heavy atom. The predicted molar refractivity (Wildman–Crippen MR) is 226 cm³/mol. The zero-order chi connectivity index (χ0) is 46.1. The van der Waals surface area contributed by atoms with Crippen LogP contribution in [0.4, 0.5) is 0 Å². The van der Waals surface area contributed by atoms with Gasteiger partial charge in [0, 0.05) is 6.42 Å². The normalized spacial score (nSPS) is 18.1. The maximum absolute atomic E-state index is 14.5. The number of carbonyl (C=O) groups excluding carboxylic acids is 6. The number of hydrogen-bond donors (Lipinski definition) is 3. The molecular formula is C44H71IN5O11-. The van der Waals surface area contributed by atoms with Crippen LogP contribution in [0.25, 0.3) is 0 Å². The van der Waals surface area contributed by atoms with E-state index in [1.165, 1.54) is 33.1 Å². The van der Waals surface area contributed by atoms with Gasteiger partial charge in [0.2, 0.25) is 0 Å². The molecule has 1 heterocycles. The van der Waals surface area contributed by atoms with E-state index < -0.39 is 91.2 Å². The van der Waals surface area contributed by atoms with Crippen molar-refractivity contribution in [2.24, 2.45) is 17.8 Å². The fourth-order valence-corrected chi connectivity index (χ4v) is 10.6. The van der Waals surface area contributed by atoms with Gasteiger partial charge in [-0.25, -0.2) is 4.79 Å². The van der Waals surface area contributed by atoms with Gasteiger partial charge in [0.1, 0.15) is 6.04 Å². The van der Waals surface area contributed by atoms with Crippen LogP contribution in [-0.4, -0.2) is 154 Å². The molecule has 1 fully saturated rings. The van der Waals surface area contributed by atoms with Gasteiger partial charge in [-0.1, -0.05) is 30.3 Å². The molecule has 1 aromatic carbocycles. The summed E-state index contributed by atoms with van der Waals surface area (Å²) in [4.78, 5) is 97.4. The average Bonchev–Trinajstić information content (AvgIpc) is 3.69. The van der Waals surface area contributed by atoms with Crippen molar-refractivity contribution in [2.45, 2.75) is 132 Å². The van der Waals surface area contributed by atoms with Gasteiger partial charge in [-0.3, -0.25) is 4.79 Å². The number of Topliss-reactive ketones (excluding diaryl/α,β-unsaturated/α-hetero) is 1. The third kappa shape index (κ3) is 15.9. The number of nitrogens with zero attached hydrogens (tertiary/aromatic N) is 3. The van der Waals surface area contributed by atoms with Crippen molar-refractivity contribution in [3.8, 4) is 0 Å². The number of halogens is 1. The van der Waals surface area contributed by atoms with Crippen molar-refractivity contribution in [3.63, 3.8) is 0 Å². The number of nitrogens with one attached hydrogen (secondary N) is 2. The standard InChI is InChI=1S/C44H71IN5O11/c1-13-28(6)38(49(10)43(56)40(45-27(4)5)47-42(55)37(26(2)3)48(9)36(53)25-61-24-29(7)51)34(59-11)23-35(52)50-21-17-20-33(50)39(60-12)30(8)41(54)46-32(44(57)58)22-31-18-15-14-16-19-31/h14-16,18-19,26-28,30,32-34,37-40H,13,17,20-25H2,1-12H3,(H,46,54)(H,47,55)(H,57,58)/q-1/t28-,30+,32-,33-,34+,37-,38-,39+,40?/m0/s1. The topological polar surface area (TPSA) is 201 Å². The Morgan fingerprint density at radius 1 is 0.902 bits per heavy atom. The van der Waals surface area contributed by atoms with Gasteiger partial charge in [0.15, 0.2) is 0 Å². The van der Waals surface area contributed by atoms with Crippen molar-refractivity contribution < 1.29 is 74.1 Å². The number of rotatable bonds is 26. The monoisotopic (exact) mass is 972 g/mol. The SMILES string of the molecule is CC[C@H](C)[C@@H]([C@@H](CC(=O)N1CCC[C@H]1[C@H](OC)[C@@H](C)C(=O)N[C@@H](Cc1ccccc1)C(=O)O)OC)N(C)C(=O)C(NC(=O)[C@H](C(C)C)N(C)C(=O)COCC(C)=O)[I-]C(C)C. The summed E-state index contributed by atoms with van der Waals surface area (Å²) in [6.45, 7) is 14.4. The maximum atomic E-state index is 14.5. The Labute approximate surface area is 372 Å². The van der Waals surface area contributed by atoms with Crippen LogP contribution in [-0.2, 0) is 54.2 Å². The molecule has 17 heteroatoms. The Bertz CT molecular complexity index is 1610. The molecule has 16 nitrogen and oxygen atoms in total. The number of benzene rings is 1. The molecule has 2 rings (SSSR count). The number of likely N-dealkylation sites (N-methyl/N-ethyl adjacent to an activating group) is 2. The second-order valence-corrected chi connectivity index (χ2v) is 21.0. The number of carboxylic acids is 1. The van der Waals surface area contributed by atoms with Crippen LogP contribution in [0.5, 0.6) is 0 Å². The number of carboxylic acid groups (broad SMARTS) is 1. The van der Waals surface area contributed by atoms with E-state index in [0.29, 0.717) is 25.8 Å². The summed E-state index contributed by atoms with van der Waals surface area (Å²) in [7, 11) is 6.15. The van der Waals surface area contributed by atoms with Crippen molar-refractivity contribution in [1.29, 1.82) is 0 Å². The van der Waals surface area contributed by atoms with Crippen molar-refractivity contribution >= 4 is 41.3 Å². The van der Waals surface area contributed by atoms with Gasteiger partial charge < -0.3 is 10.4 Å². The van der Waals surface area contributed by atoms with Crippen LogP contribution < -0.4 is 31.8 Å². The summed E-state index contributed by atoms with van der Waals surface area (Å²) in [5.74, 6) is -4.61. The molecule has 1 saturated heterocycles. The first-order chi connectivity index (χ1) is 28.7. The van der Waals surface area contributed by atoms with E-state index >= 15 is 0 Å². The number of hydrogen-bond acceptors (Lipinski definition) is 10. The molecule has 0 saturated carbocycles. The van der Waals surface area contributed by atoms with E-state index in [9.17, 15) is 38.7 Å². The molecule has 9 atom stereocenters. The van der Waals surface area contributed by atoms with Crippen LogP contribution in [0, 0.1) is 17.8 Å².